The van der Waals surface area contributed by atoms with E-state index in [0.29, 0.717) is 11.8 Å². The molecule has 0 amide bonds. The average Bonchev–Trinajstić information content (AvgIpc) is 2.96. The number of fused-ring (bicyclic) bond motifs is 1. The van der Waals surface area contributed by atoms with Crippen LogP contribution in [0.3, 0.4) is 0 Å². The molecule has 0 saturated carbocycles. The van der Waals surface area contributed by atoms with Gasteiger partial charge in [-0.05, 0) is 40.8 Å². The quantitative estimate of drug-likeness (QED) is 0.498. The lowest BCUT2D eigenvalue weighted by Crippen LogP contribution is -2.21. The number of rotatable bonds is 3. The van der Waals surface area contributed by atoms with Crippen molar-refractivity contribution in [1.82, 2.24) is 5.48 Å². The monoisotopic (exact) mass is 292 g/mol. The van der Waals surface area contributed by atoms with E-state index >= 15 is 0 Å². The van der Waals surface area contributed by atoms with Crippen LogP contribution >= 0.6 is 0 Å². The molecular weight excluding hydrogens is 272 g/mol. The van der Waals surface area contributed by atoms with Crippen molar-refractivity contribution in [3.63, 3.8) is 0 Å². The number of nitrogens with one attached hydrogen (secondary N) is 1. The van der Waals surface area contributed by atoms with Gasteiger partial charge >= 0.3 is 0 Å². The summed E-state index contributed by atoms with van der Waals surface area (Å²) in [6, 6.07) is 16.3. The highest BCUT2D eigenvalue weighted by molar-refractivity contribution is 6.04. The van der Waals surface area contributed by atoms with E-state index in [1.165, 1.54) is 16.7 Å². The van der Waals surface area contributed by atoms with Crippen LogP contribution in [0.2, 0.25) is 0 Å². The summed E-state index contributed by atoms with van der Waals surface area (Å²) < 4.78 is 0. The number of aliphatic imine (C=N–C) groups is 1. The van der Waals surface area contributed by atoms with E-state index < -0.39 is 0 Å². The Hall–Kier alpha value is -2.39. The lowest BCUT2D eigenvalue weighted by molar-refractivity contribution is 0.235. The van der Waals surface area contributed by atoms with Crippen LogP contribution in [0.15, 0.2) is 59.1 Å². The molecule has 1 aliphatic rings. The van der Waals surface area contributed by atoms with Crippen LogP contribution in [0.25, 0.3) is 6.08 Å². The second-order valence-corrected chi connectivity index (χ2v) is 5.87. The minimum absolute atomic E-state index is 0.454. The van der Waals surface area contributed by atoms with Gasteiger partial charge in [-0.15, -0.1) is 0 Å². The fraction of sp³-hybridized carbons (Fsp3) is 0.211. The fourth-order valence-electron chi connectivity index (χ4n) is 2.68. The van der Waals surface area contributed by atoms with E-state index in [1.54, 1.807) is 0 Å². The van der Waals surface area contributed by atoms with Gasteiger partial charge in [-0.3, -0.25) is 10.7 Å². The van der Waals surface area contributed by atoms with Crippen molar-refractivity contribution in [3.8, 4) is 0 Å². The fourth-order valence-corrected chi connectivity index (χ4v) is 2.68. The third kappa shape index (κ3) is 2.95. The number of nitrogens with zero attached hydrogens (tertiary/aromatic N) is 1. The Labute approximate surface area is 131 Å². The topological polar surface area (TPSA) is 44.6 Å². The number of amidine groups is 1. The highest BCUT2D eigenvalue weighted by Gasteiger charge is 2.16. The van der Waals surface area contributed by atoms with Crippen molar-refractivity contribution in [2.24, 2.45) is 4.99 Å². The summed E-state index contributed by atoms with van der Waals surface area (Å²) in [7, 11) is 0. The number of hydroxylamine groups is 1. The Morgan fingerprint density at radius 1 is 1.14 bits per heavy atom. The third-order valence-corrected chi connectivity index (χ3v) is 3.95. The van der Waals surface area contributed by atoms with Crippen molar-refractivity contribution >= 4 is 17.6 Å². The van der Waals surface area contributed by atoms with E-state index in [1.807, 2.05) is 24.3 Å². The van der Waals surface area contributed by atoms with E-state index in [4.69, 9.17) is 0 Å². The summed E-state index contributed by atoms with van der Waals surface area (Å²) in [4.78, 5) is 4.57. The van der Waals surface area contributed by atoms with Crippen LogP contribution in [-0.4, -0.2) is 11.0 Å². The maximum Gasteiger partial charge on any atom is 0.153 e. The Morgan fingerprint density at radius 2 is 1.95 bits per heavy atom. The van der Waals surface area contributed by atoms with Crippen LogP contribution in [0.4, 0.5) is 5.69 Å². The van der Waals surface area contributed by atoms with Crippen LogP contribution in [0.1, 0.15) is 36.5 Å². The molecule has 0 radical (unpaired) electrons. The third-order valence-electron chi connectivity index (χ3n) is 3.95. The lowest BCUT2D eigenvalue weighted by Gasteiger charge is -2.08. The zero-order valence-corrected chi connectivity index (χ0v) is 12.9. The number of benzene rings is 2. The average molecular weight is 292 g/mol. The number of hydrogen-bond donors (Lipinski definition) is 2. The molecule has 3 heteroatoms. The molecule has 0 aromatic heterocycles. The molecule has 0 fully saturated rings. The summed E-state index contributed by atoms with van der Waals surface area (Å²) in [6.45, 7) is 4.31. The first-order valence-electron chi connectivity index (χ1n) is 7.55. The van der Waals surface area contributed by atoms with E-state index in [0.717, 1.165) is 17.7 Å². The van der Waals surface area contributed by atoms with Crippen LogP contribution < -0.4 is 5.48 Å². The zero-order chi connectivity index (χ0) is 15.5. The summed E-state index contributed by atoms with van der Waals surface area (Å²) >= 11 is 0. The molecule has 3 nitrogen and oxygen atoms in total. The van der Waals surface area contributed by atoms with E-state index in [-0.39, 0.29) is 0 Å². The van der Waals surface area contributed by atoms with Gasteiger partial charge in [-0.25, -0.2) is 4.99 Å². The second kappa shape index (κ2) is 6.16. The molecule has 3 rings (SSSR count). The van der Waals surface area contributed by atoms with Crippen LogP contribution in [0.5, 0.6) is 0 Å². The SMILES string of the molecule is CC(C)c1cccc(N=C(NO)C2=Cc3ccccc3C2)c1. The molecule has 0 aliphatic heterocycles. The number of hydrogen-bond acceptors (Lipinski definition) is 2. The Balaban J connectivity index is 1.91. The molecule has 2 aromatic rings. The zero-order valence-electron chi connectivity index (χ0n) is 12.9. The molecule has 0 bridgehead atoms. The normalized spacial score (nSPS) is 14.0. The minimum Gasteiger partial charge on any atom is -0.290 e. The predicted octanol–water partition coefficient (Wildman–Crippen LogP) is 4.46. The van der Waals surface area contributed by atoms with Gasteiger partial charge in [0.1, 0.15) is 0 Å². The van der Waals surface area contributed by atoms with Gasteiger partial charge in [0.15, 0.2) is 5.84 Å². The molecule has 2 aromatic carbocycles. The molecule has 0 unspecified atom stereocenters. The molecule has 112 valence electrons. The van der Waals surface area contributed by atoms with Crippen molar-refractivity contribution in [2.45, 2.75) is 26.2 Å². The summed E-state index contributed by atoms with van der Waals surface area (Å²) in [5.41, 5.74) is 7.79. The van der Waals surface area contributed by atoms with Gasteiger partial charge in [0, 0.05) is 12.0 Å². The molecule has 1 aliphatic carbocycles. The highest BCUT2D eigenvalue weighted by Crippen LogP contribution is 2.27. The van der Waals surface area contributed by atoms with Crippen molar-refractivity contribution in [1.29, 1.82) is 0 Å². The molecule has 0 spiro atoms. The standard InChI is InChI=1S/C19H20N2O/c1-13(2)14-8-5-9-18(12-14)20-19(21-22)17-10-15-6-3-4-7-16(15)11-17/h3-10,12-13,22H,11H2,1-2H3,(H,20,21). The predicted molar refractivity (Wildman–Crippen MR) is 90.7 cm³/mol. The Morgan fingerprint density at radius 3 is 2.68 bits per heavy atom. The Kier molecular flexibility index (Phi) is 4.07. The van der Waals surface area contributed by atoms with Gasteiger partial charge in [0.25, 0.3) is 0 Å². The van der Waals surface area contributed by atoms with Crippen LogP contribution in [0, 0.1) is 0 Å². The summed E-state index contributed by atoms with van der Waals surface area (Å²) in [5.74, 6) is 0.966. The minimum atomic E-state index is 0.454. The molecule has 0 atom stereocenters. The molecular formula is C19H20N2O. The maximum atomic E-state index is 9.48. The van der Waals surface area contributed by atoms with Crippen molar-refractivity contribution in [3.05, 3.63) is 70.8 Å². The molecule has 0 saturated heterocycles. The van der Waals surface area contributed by atoms with Gasteiger partial charge in [-0.2, -0.15) is 0 Å². The largest absolute Gasteiger partial charge is 0.290 e. The summed E-state index contributed by atoms with van der Waals surface area (Å²) in [5, 5.41) is 9.48. The Bertz CT molecular complexity index is 745. The van der Waals surface area contributed by atoms with Gasteiger partial charge in [0.05, 0.1) is 5.69 Å². The van der Waals surface area contributed by atoms with Crippen molar-refractivity contribution in [2.75, 3.05) is 0 Å². The van der Waals surface area contributed by atoms with Gasteiger partial charge in [0.2, 0.25) is 0 Å². The van der Waals surface area contributed by atoms with E-state index in [2.05, 4.69) is 54.7 Å². The highest BCUT2D eigenvalue weighted by atomic mass is 16.5. The van der Waals surface area contributed by atoms with Crippen molar-refractivity contribution < 1.29 is 5.21 Å². The lowest BCUT2D eigenvalue weighted by atomic mass is 10.0. The smallest absolute Gasteiger partial charge is 0.153 e. The second-order valence-electron chi connectivity index (χ2n) is 5.87. The van der Waals surface area contributed by atoms with Crippen LogP contribution in [-0.2, 0) is 6.42 Å². The first-order chi connectivity index (χ1) is 10.7. The van der Waals surface area contributed by atoms with Gasteiger partial charge in [-0.1, -0.05) is 50.2 Å². The molecule has 0 heterocycles. The first-order valence-corrected chi connectivity index (χ1v) is 7.55. The van der Waals surface area contributed by atoms with Gasteiger partial charge < -0.3 is 0 Å². The molecule has 2 N–H and O–H groups in total. The molecule has 22 heavy (non-hydrogen) atoms. The first kappa shape index (κ1) is 14.5. The summed E-state index contributed by atoms with van der Waals surface area (Å²) in [6.07, 6.45) is 2.86. The maximum absolute atomic E-state index is 9.48. The van der Waals surface area contributed by atoms with E-state index in [9.17, 15) is 5.21 Å².